The van der Waals surface area contributed by atoms with Crippen LogP contribution in [-0.2, 0) is 10.0 Å². The second-order valence-corrected chi connectivity index (χ2v) is 7.21. The SMILES string of the molecule is COc1ccc(NS(=O)(=O)c2ccc(C(=O)O)s2)cc1C. The summed E-state index contributed by atoms with van der Waals surface area (Å²) < 4.78 is 31.8. The van der Waals surface area contributed by atoms with Crippen molar-refractivity contribution in [2.24, 2.45) is 0 Å². The van der Waals surface area contributed by atoms with Crippen molar-refractivity contribution in [1.82, 2.24) is 0 Å². The van der Waals surface area contributed by atoms with Gasteiger partial charge >= 0.3 is 5.97 Å². The fourth-order valence-electron chi connectivity index (χ4n) is 1.73. The Labute approximate surface area is 126 Å². The van der Waals surface area contributed by atoms with Gasteiger partial charge in [0.2, 0.25) is 0 Å². The van der Waals surface area contributed by atoms with Gasteiger partial charge in [-0.15, -0.1) is 11.3 Å². The average Bonchev–Trinajstić information content (AvgIpc) is 2.89. The highest BCUT2D eigenvalue weighted by atomic mass is 32.2. The zero-order chi connectivity index (χ0) is 15.6. The van der Waals surface area contributed by atoms with E-state index >= 15 is 0 Å². The highest BCUT2D eigenvalue weighted by molar-refractivity contribution is 7.94. The molecule has 0 atom stereocenters. The van der Waals surface area contributed by atoms with Crippen molar-refractivity contribution in [1.29, 1.82) is 0 Å². The Hall–Kier alpha value is -2.06. The van der Waals surface area contributed by atoms with Gasteiger partial charge in [0.05, 0.1) is 7.11 Å². The van der Waals surface area contributed by atoms with Gasteiger partial charge in [0.1, 0.15) is 14.8 Å². The molecule has 8 heteroatoms. The number of hydrogen-bond acceptors (Lipinski definition) is 5. The van der Waals surface area contributed by atoms with Crippen LogP contribution in [0.1, 0.15) is 15.2 Å². The van der Waals surface area contributed by atoms with Crippen LogP contribution in [0.3, 0.4) is 0 Å². The summed E-state index contributed by atoms with van der Waals surface area (Å²) in [6.07, 6.45) is 0. The molecule has 1 aromatic heterocycles. The van der Waals surface area contributed by atoms with E-state index in [1.807, 2.05) is 0 Å². The summed E-state index contributed by atoms with van der Waals surface area (Å²) in [5.41, 5.74) is 1.17. The van der Waals surface area contributed by atoms with Gasteiger partial charge in [-0.2, -0.15) is 0 Å². The van der Waals surface area contributed by atoms with E-state index in [1.165, 1.54) is 19.2 Å². The number of anilines is 1. The molecule has 1 heterocycles. The molecule has 1 aromatic carbocycles. The monoisotopic (exact) mass is 327 g/mol. The highest BCUT2D eigenvalue weighted by Crippen LogP contribution is 2.26. The van der Waals surface area contributed by atoms with Crippen LogP contribution < -0.4 is 9.46 Å². The number of sulfonamides is 1. The number of ether oxygens (including phenoxy) is 1. The molecular formula is C13H13NO5S2. The van der Waals surface area contributed by atoms with Crippen molar-refractivity contribution in [3.63, 3.8) is 0 Å². The highest BCUT2D eigenvalue weighted by Gasteiger charge is 2.19. The van der Waals surface area contributed by atoms with Gasteiger partial charge in [-0.3, -0.25) is 4.72 Å². The normalized spacial score (nSPS) is 11.1. The predicted molar refractivity (Wildman–Crippen MR) is 79.8 cm³/mol. The first-order valence-corrected chi connectivity index (χ1v) is 8.14. The molecule has 0 aliphatic carbocycles. The lowest BCUT2D eigenvalue weighted by Crippen LogP contribution is -2.11. The lowest BCUT2D eigenvalue weighted by Gasteiger charge is -2.09. The molecule has 0 unspecified atom stereocenters. The lowest BCUT2D eigenvalue weighted by atomic mass is 10.2. The van der Waals surface area contributed by atoms with E-state index in [9.17, 15) is 13.2 Å². The van der Waals surface area contributed by atoms with Crippen LogP contribution in [0.15, 0.2) is 34.5 Å². The van der Waals surface area contributed by atoms with E-state index < -0.39 is 16.0 Å². The van der Waals surface area contributed by atoms with Crippen molar-refractivity contribution >= 4 is 33.0 Å². The van der Waals surface area contributed by atoms with Crippen LogP contribution in [0, 0.1) is 6.92 Å². The largest absolute Gasteiger partial charge is 0.496 e. The predicted octanol–water partition coefficient (Wildman–Crippen LogP) is 2.56. The van der Waals surface area contributed by atoms with E-state index in [2.05, 4.69) is 4.72 Å². The van der Waals surface area contributed by atoms with Crippen LogP contribution in [0.2, 0.25) is 0 Å². The average molecular weight is 327 g/mol. The standard InChI is InChI=1S/C13H13NO5S2/c1-8-7-9(3-4-10(8)19-2)14-21(17,18)12-6-5-11(20-12)13(15)16/h3-7,14H,1-2H3,(H,15,16). The molecule has 0 aliphatic rings. The van der Waals surface area contributed by atoms with E-state index in [0.717, 1.165) is 5.56 Å². The molecule has 0 radical (unpaired) electrons. The number of aryl methyl sites for hydroxylation is 1. The number of methoxy groups -OCH3 is 1. The summed E-state index contributed by atoms with van der Waals surface area (Å²) in [6, 6.07) is 7.41. The van der Waals surface area contributed by atoms with E-state index in [4.69, 9.17) is 9.84 Å². The zero-order valence-electron chi connectivity index (χ0n) is 11.3. The van der Waals surface area contributed by atoms with Crippen LogP contribution in [0.4, 0.5) is 5.69 Å². The third-order valence-electron chi connectivity index (χ3n) is 2.70. The van der Waals surface area contributed by atoms with Crippen LogP contribution in [0.25, 0.3) is 0 Å². The van der Waals surface area contributed by atoms with Crippen molar-refractivity contribution in [3.8, 4) is 5.75 Å². The second kappa shape index (κ2) is 5.74. The topological polar surface area (TPSA) is 92.7 Å². The minimum Gasteiger partial charge on any atom is -0.496 e. The summed E-state index contributed by atoms with van der Waals surface area (Å²) in [4.78, 5) is 10.8. The maximum atomic E-state index is 12.2. The zero-order valence-corrected chi connectivity index (χ0v) is 12.9. The molecule has 2 N–H and O–H groups in total. The number of thiophene rings is 1. The number of benzene rings is 1. The third kappa shape index (κ3) is 3.34. The smallest absolute Gasteiger partial charge is 0.345 e. The molecule has 0 aliphatic heterocycles. The fraction of sp³-hybridized carbons (Fsp3) is 0.154. The van der Waals surface area contributed by atoms with Crippen molar-refractivity contribution < 1.29 is 23.1 Å². The summed E-state index contributed by atoms with van der Waals surface area (Å²) in [7, 11) is -2.26. The van der Waals surface area contributed by atoms with E-state index in [1.54, 1.807) is 25.1 Å². The second-order valence-electron chi connectivity index (χ2n) is 4.21. The molecule has 112 valence electrons. The fourth-order valence-corrected chi connectivity index (χ4v) is 3.92. The van der Waals surface area contributed by atoms with Gasteiger partial charge in [-0.1, -0.05) is 0 Å². The maximum absolute atomic E-state index is 12.2. The Morgan fingerprint density at radius 3 is 2.52 bits per heavy atom. The number of nitrogens with one attached hydrogen (secondary N) is 1. The van der Waals surface area contributed by atoms with Gasteiger partial charge in [-0.05, 0) is 42.8 Å². The molecule has 21 heavy (non-hydrogen) atoms. The first-order valence-electron chi connectivity index (χ1n) is 5.84. The molecule has 6 nitrogen and oxygen atoms in total. The Balaban J connectivity index is 2.28. The first-order chi connectivity index (χ1) is 9.83. The van der Waals surface area contributed by atoms with Crippen molar-refractivity contribution in [2.75, 3.05) is 11.8 Å². The number of aromatic carboxylic acids is 1. The molecule has 0 saturated heterocycles. The minimum absolute atomic E-state index is 0.0266. The number of rotatable bonds is 5. The molecule has 0 saturated carbocycles. The number of carboxylic acids is 1. The molecule has 0 bridgehead atoms. The number of carbonyl (C=O) groups is 1. The first kappa shape index (κ1) is 15.3. The van der Waals surface area contributed by atoms with Gasteiger partial charge in [0.25, 0.3) is 10.0 Å². The van der Waals surface area contributed by atoms with E-state index in [-0.39, 0.29) is 9.09 Å². The maximum Gasteiger partial charge on any atom is 0.345 e. The van der Waals surface area contributed by atoms with Gasteiger partial charge in [0.15, 0.2) is 0 Å². The lowest BCUT2D eigenvalue weighted by molar-refractivity contribution is 0.0702. The summed E-state index contributed by atoms with van der Waals surface area (Å²) in [5, 5.41) is 8.83. The number of carboxylic acid groups (broad SMARTS) is 1. The molecular weight excluding hydrogens is 314 g/mol. The Kier molecular flexibility index (Phi) is 4.19. The van der Waals surface area contributed by atoms with E-state index in [0.29, 0.717) is 22.8 Å². The quantitative estimate of drug-likeness (QED) is 0.880. The van der Waals surface area contributed by atoms with Crippen LogP contribution in [0.5, 0.6) is 5.75 Å². The molecule has 2 rings (SSSR count). The van der Waals surface area contributed by atoms with Crippen molar-refractivity contribution in [3.05, 3.63) is 40.8 Å². The molecule has 0 fully saturated rings. The Morgan fingerprint density at radius 2 is 2.00 bits per heavy atom. The summed E-state index contributed by atoms with van der Waals surface area (Å²) in [6.45, 7) is 1.80. The Morgan fingerprint density at radius 1 is 1.29 bits per heavy atom. The summed E-state index contributed by atoms with van der Waals surface area (Å²) >= 11 is 0.704. The van der Waals surface area contributed by atoms with Gasteiger partial charge in [0, 0.05) is 5.69 Å². The van der Waals surface area contributed by atoms with Crippen LogP contribution in [-0.4, -0.2) is 26.6 Å². The van der Waals surface area contributed by atoms with Gasteiger partial charge < -0.3 is 9.84 Å². The molecule has 2 aromatic rings. The molecule has 0 spiro atoms. The summed E-state index contributed by atoms with van der Waals surface area (Å²) in [5.74, 6) is -0.496. The van der Waals surface area contributed by atoms with Crippen molar-refractivity contribution in [2.45, 2.75) is 11.1 Å². The molecule has 0 amide bonds. The number of hydrogen-bond donors (Lipinski definition) is 2. The Bertz CT molecular complexity index is 780. The third-order valence-corrected chi connectivity index (χ3v) is 5.65. The van der Waals surface area contributed by atoms with Gasteiger partial charge in [-0.25, -0.2) is 13.2 Å². The van der Waals surface area contributed by atoms with Crippen LogP contribution >= 0.6 is 11.3 Å². The minimum atomic E-state index is -3.80.